The van der Waals surface area contributed by atoms with Crippen LogP contribution >= 0.6 is 0 Å². The molecule has 3 heteroatoms. The predicted octanol–water partition coefficient (Wildman–Crippen LogP) is 1.55. The first kappa shape index (κ1) is 11.5. The molecule has 1 aliphatic rings. The molecule has 2 unspecified atom stereocenters. The molecule has 0 amide bonds. The summed E-state index contributed by atoms with van der Waals surface area (Å²) in [6.07, 6.45) is 2.71. The Hall–Kier alpha value is -0.590. The first-order chi connectivity index (χ1) is 6.74. The Bertz CT molecular complexity index is 192. The Morgan fingerprint density at radius 1 is 1.57 bits per heavy atom. The van der Waals surface area contributed by atoms with E-state index in [4.69, 9.17) is 10.00 Å². The molecule has 1 saturated heterocycles. The van der Waals surface area contributed by atoms with Gasteiger partial charge in [0.25, 0.3) is 0 Å². The summed E-state index contributed by atoms with van der Waals surface area (Å²) in [5.74, 6) is 0.549. The van der Waals surface area contributed by atoms with E-state index < -0.39 is 0 Å². The van der Waals surface area contributed by atoms with Gasteiger partial charge in [-0.2, -0.15) is 5.26 Å². The van der Waals surface area contributed by atoms with Crippen LogP contribution in [0.4, 0.5) is 0 Å². The molecular weight excluding hydrogens is 176 g/mol. The molecule has 1 rings (SSSR count). The van der Waals surface area contributed by atoms with E-state index in [1.54, 1.807) is 0 Å². The van der Waals surface area contributed by atoms with E-state index in [2.05, 4.69) is 25.2 Å². The maximum atomic E-state index is 8.87. The second kappa shape index (κ2) is 6.00. The molecule has 1 fully saturated rings. The number of rotatable bonds is 5. The largest absolute Gasteiger partial charge is 0.377 e. The van der Waals surface area contributed by atoms with E-state index in [0.717, 1.165) is 26.1 Å². The topological polar surface area (TPSA) is 45.0 Å². The van der Waals surface area contributed by atoms with Crippen LogP contribution in [0, 0.1) is 23.2 Å². The zero-order chi connectivity index (χ0) is 10.4. The summed E-state index contributed by atoms with van der Waals surface area (Å²) in [6.45, 7) is 6.75. The van der Waals surface area contributed by atoms with Gasteiger partial charge in [-0.05, 0) is 18.8 Å². The number of nitrogens with zero attached hydrogens (tertiary/aromatic N) is 1. The minimum Gasteiger partial charge on any atom is -0.377 e. The van der Waals surface area contributed by atoms with Crippen molar-refractivity contribution in [3.05, 3.63) is 0 Å². The smallest absolute Gasteiger partial charge is 0.0700 e. The summed E-state index contributed by atoms with van der Waals surface area (Å²) in [7, 11) is 0. The van der Waals surface area contributed by atoms with Crippen molar-refractivity contribution in [1.29, 1.82) is 5.26 Å². The molecular formula is C11H20N2O. The molecule has 1 N–H and O–H groups in total. The fourth-order valence-corrected chi connectivity index (χ4v) is 1.64. The molecule has 1 aliphatic heterocycles. The lowest BCUT2D eigenvalue weighted by Gasteiger charge is -2.15. The van der Waals surface area contributed by atoms with E-state index >= 15 is 0 Å². The van der Waals surface area contributed by atoms with Crippen LogP contribution in [-0.2, 0) is 4.74 Å². The Morgan fingerprint density at radius 3 is 2.86 bits per heavy atom. The van der Waals surface area contributed by atoms with E-state index in [-0.39, 0.29) is 5.92 Å². The summed E-state index contributed by atoms with van der Waals surface area (Å²) in [6, 6.07) is 2.32. The van der Waals surface area contributed by atoms with Crippen molar-refractivity contribution >= 4 is 0 Å². The summed E-state index contributed by atoms with van der Waals surface area (Å²) in [5.41, 5.74) is 0. The minimum atomic E-state index is 0.122. The molecule has 0 aromatic carbocycles. The molecule has 3 nitrogen and oxygen atoms in total. The van der Waals surface area contributed by atoms with Crippen molar-refractivity contribution < 1.29 is 4.74 Å². The van der Waals surface area contributed by atoms with Gasteiger partial charge in [0, 0.05) is 19.7 Å². The van der Waals surface area contributed by atoms with Gasteiger partial charge in [0.05, 0.1) is 18.1 Å². The van der Waals surface area contributed by atoms with Crippen LogP contribution in [-0.4, -0.2) is 25.8 Å². The van der Waals surface area contributed by atoms with Crippen LogP contribution < -0.4 is 5.32 Å². The second-order valence-electron chi connectivity index (χ2n) is 4.27. The lowest BCUT2D eigenvalue weighted by atomic mass is 9.97. The Balaban J connectivity index is 2.10. The van der Waals surface area contributed by atoms with Crippen molar-refractivity contribution in [3.63, 3.8) is 0 Å². The van der Waals surface area contributed by atoms with Crippen LogP contribution in [0.25, 0.3) is 0 Å². The highest BCUT2D eigenvalue weighted by atomic mass is 16.5. The standard InChI is InChI=1S/C11H20N2O/c1-9(2)10(6-12)7-13-8-11-4-3-5-14-11/h9-11,13H,3-5,7-8H2,1-2H3. The summed E-state index contributed by atoms with van der Waals surface area (Å²) >= 11 is 0. The number of ether oxygens (including phenoxy) is 1. The minimum absolute atomic E-state index is 0.122. The van der Waals surface area contributed by atoms with Gasteiger partial charge in [-0.25, -0.2) is 0 Å². The van der Waals surface area contributed by atoms with Gasteiger partial charge in [-0.15, -0.1) is 0 Å². The molecule has 0 aliphatic carbocycles. The van der Waals surface area contributed by atoms with Gasteiger partial charge in [-0.1, -0.05) is 13.8 Å². The first-order valence-electron chi connectivity index (χ1n) is 5.46. The van der Waals surface area contributed by atoms with Gasteiger partial charge in [0.2, 0.25) is 0 Å². The Morgan fingerprint density at radius 2 is 2.36 bits per heavy atom. The zero-order valence-corrected chi connectivity index (χ0v) is 9.12. The van der Waals surface area contributed by atoms with Crippen LogP contribution in [0.15, 0.2) is 0 Å². The molecule has 2 atom stereocenters. The Kier molecular flexibility index (Phi) is 4.92. The molecule has 0 radical (unpaired) electrons. The van der Waals surface area contributed by atoms with Gasteiger partial charge in [0.1, 0.15) is 0 Å². The fraction of sp³-hybridized carbons (Fsp3) is 0.909. The highest BCUT2D eigenvalue weighted by Gasteiger charge is 2.16. The third kappa shape index (κ3) is 3.65. The SMILES string of the molecule is CC(C)C(C#N)CNCC1CCCO1. The van der Waals surface area contributed by atoms with Gasteiger partial charge < -0.3 is 10.1 Å². The normalized spacial score (nSPS) is 23.7. The van der Waals surface area contributed by atoms with Crippen molar-refractivity contribution in [1.82, 2.24) is 5.32 Å². The van der Waals surface area contributed by atoms with Crippen LogP contribution in [0.3, 0.4) is 0 Å². The van der Waals surface area contributed by atoms with Gasteiger partial charge in [0.15, 0.2) is 0 Å². The van der Waals surface area contributed by atoms with Crippen molar-refractivity contribution in [2.75, 3.05) is 19.7 Å². The summed E-state index contributed by atoms with van der Waals surface area (Å²) < 4.78 is 5.48. The lowest BCUT2D eigenvalue weighted by Crippen LogP contribution is -2.31. The van der Waals surface area contributed by atoms with Crippen molar-refractivity contribution in [3.8, 4) is 6.07 Å². The average molecular weight is 196 g/mol. The third-order valence-electron chi connectivity index (χ3n) is 2.73. The molecule has 0 aromatic rings. The zero-order valence-electron chi connectivity index (χ0n) is 9.12. The molecule has 1 heterocycles. The number of hydrogen-bond donors (Lipinski definition) is 1. The van der Waals surface area contributed by atoms with E-state index in [1.165, 1.54) is 6.42 Å². The van der Waals surface area contributed by atoms with Crippen LogP contribution in [0.1, 0.15) is 26.7 Å². The van der Waals surface area contributed by atoms with E-state index in [9.17, 15) is 0 Å². The Labute approximate surface area is 86.4 Å². The van der Waals surface area contributed by atoms with Crippen molar-refractivity contribution in [2.45, 2.75) is 32.8 Å². The van der Waals surface area contributed by atoms with E-state index in [1.807, 2.05) is 0 Å². The average Bonchev–Trinajstić information content (AvgIpc) is 2.64. The summed E-state index contributed by atoms with van der Waals surface area (Å²) in [5, 5.41) is 12.2. The quantitative estimate of drug-likeness (QED) is 0.725. The predicted molar refractivity (Wildman–Crippen MR) is 55.8 cm³/mol. The number of nitrogens with one attached hydrogen (secondary N) is 1. The fourth-order valence-electron chi connectivity index (χ4n) is 1.64. The second-order valence-corrected chi connectivity index (χ2v) is 4.27. The van der Waals surface area contributed by atoms with Crippen molar-refractivity contribution in [2.24, 2.45) is 11.8 Å². The monoisotopic (exact) mass is 196 g/mol. The first-order valence-corrected chi connectivity index (χ1v) is 5.46. The van der Waals surface area contributed by atoms with Gasteiger partial charge >= 0.3 is 0 Å². The molecule has 0 bridgehead atoms. The highest BCUT2D eigenvalue weighted by molar-refractivity contribution is 4.86. The third-order valence-corrected chi connectivity index (χ3v) is 2.73. The molecule has 0 aromatic heterocycles. The number of nitriles is 1. The maximum absolute atomic E-state index is 8.87. The van der Waals surface area contributed by atoms with Gasteiger partial charge in [-0.3, -0.25) is 0 Å². The van der Waals surface area contributed by atoms with Crippen LogP contribution in [0.2, 0.25) is 0 Å². The summed E-state index contributed by atoms with van der Waals surface area (Å²) in [4.78, 5) is 0. The van der Waals surface area contributed by atoms with E-state index in [0.29, 0.717) is 12.0 Å². The van der Waals surface area contributed by atoms with Crippen LogP contribution in [0.5, 0.6) is 0 Å². The molecule has 0 spiro atoms. The molecule has 0 saturated carbocycles. The molecule has 80 valence electrons. The molecule has 14 heavy (non-hydrogen) atoms. The lowest BCUT2D eigenvalue weighted by molar-refractivity contribution is 0.109. The maximum Gasteiger partial charge on any atom is 0.0700 e. The number of hydrogen-bond acceptors (Lipinski definition) is 3. The highest BCUT2D eigenvalue weighted by Crippen LogP contribution is 2.11.